The van der Waals surface area contributed by atoms with Gasteiger partial charge in [0.2, 0.25) is 5.89 Å². The molecule has 0 bridgehead atoms. The van der Waals surface area contributed by atoms with Crippen molar-refractivity contribution in [1.82, 2.24) is 15.3 Å². The number of aryl methyl sites for hydroxylation is 2. The maximum atomic E-state index is 12.5. The minimum Gasteiger partial charge on any atom is -0.493 e. The highest BCUT2D eigenvalue weighted by Crippen LogP contribution is 2.32. The van der Waals surface area contributed by atoms with Crippen LogP contribution in [-0.2, 0) is 24.2 Å². The minimum absolute atomic E-state index is 0.0359. The second kappa shape index (κ2) is 15.0. The van der Waals surface area contributed by atoms with Crippen LogP contribution in [0.2, 0.25) is 8.67 Å². The van der Waals surface area contributed by atoms with Crippen molar-refractivity contribution in [2.75, 3.05) is 11.9 Å². The fourth-order valence-electron chi connectivity index (χ4n) is 4.54. The fraction of sp³-hybridized carbons (Fsp3) is 0.182. The third kappa shape index (κ3) is 8.51. The Kier molecular flexibility index (Phi) is 10.7. The van der Waals surface area contributed by atoms with E-state index in [9.17, 15) is 14.4 Å². The van der Waals surface area contributed by atoms with Crippen molar-refractivity contribution in [3.63, 3.8) is 0 Å². The molecule has 0 aliphatic carbocycles. The van der Waals surface area contributed by atoms with Crippen LogP contribution in [0.1, 0.15) is 49.8 Å². The molecule has 10 nitrogen and oxygen atoms in total. The number of nitrogens with zero attached hydrogens (tertiary/aromatic N) is 2. The fourth-order valence-corrected chi connectivity index (χ4v) is 6.00. The van der Waals surface area contributed by atoms with Crippen LogP contribution in [0.15, 0.2) is 77.3 Å². The van der Waals surface area contributed by atoms with Crippen molar-refractivity contribution in [2.45, 2.75) is 32.7 Å². The zero-order valence-corrected chi connectivity index (χ0v) is 26.8. The maximum absolute atomic E-state index is 12.5. The van der Waals surface area contributed by atoms with Crippen LogP contribution in [0.3, 0.4) is 0 Å². The van der Waals surface area contributed by atoms with Crippen molar-refractivity contribution in [3.05, 3.63) is 115 Å². The van der Waals surface area contributed by atoms with Gasteiger partial charge >= 0.3 is 5.97 Å². The number of anilines is 1. The molecule has 5 aromatic rings. The Morgan fingerprint density at radius 1 is 0.978 bits per heavy atom. The Morgan fingerprint density at radius 2 is 1.78 bits per heavy atom. The van der Waals surface area contributed by atoms with E-state index >= 15 is 0 Å². The van der Waals surface area contributed by atoms with Gasteiger partial charge in [-0.3, -0.25) is 19.4 Å². The summed E-state index contributed by atoms with van der Waals surface area (Å²) in [6.07, 6.45) is 2.29. The summed E-state index contributed by atoms with van der Waals surface area (Å²) < 4.78 is 12.7. The Morgan fingerprint density at radius 3 is 2.48 bits per heavy atom. The number of thiophene rings is 1. The molecule has 0 spiro atoms. The van der Waals surface area contributed by atoms with E-state index in [1.807, 2.05) is 13.0 Å². The summed E-state index contributed by atoms with van der Waals surface area (Å²) in [5.74, 6) is 0.0757. The zero-order chi connectivity index (χ0) is 32.6. The quantitative estimate of drug-likeness (QED) is 0.118. The van der Waals surface area contributed by atoms with Gasteiger partial charge in [-0.2, -0.15) is 0 Å². The third-order valence-electron chi connectivity index (χ3n) is 6.91. The molecule has 0 saturated heterocycles. The van der Waals surface area contributed by atoms with Gasteiger partial charge in [0.1, 0.15) is 21.5 Å². The largest absolute Gasteiger partial charge is 0.493 e. The standard InChI is InChI=1S/C33H28Cl2N4O6S/c1-19-26(39-33(45-19)21-5-9-23(10-6-21)38-31(42)25-17-28(34)46-30(25)35)13-15-44-24-11-7-20(8-12-29(40)41)22(16-24)18-37-32(43)27-4-2-3-14-36-27/h2-7,9-11,14,16-17H,8,12-13,15,18H2,1H3,(H,37,43)(H,38,42)(H,40,41). The lowest BCUT2D eigenvalue weighted by Crippen LogP contribution is -2.24. The van der Waals surface area contributed by atoms with Crippen molar-refractivity contribution >= 4 is 58.0 Å². The van der Waals surface area contributed by atoms with Gasteiger partial charge in [0, 0.05) is 36.8 Å². The monoisotopic (exact) mass is 678 g/mol. The Bertz CT molecular complexity index is 1860. The summed E-state index contributed by atoms with van der Waals surface area (Å²) in [6.45, 7) is 2.32. The lowest BCUT2D eigenvalue weighted by molar-refractivity contribution is -0.136. The molecule has 0 aliphatic heterocycles. The smallest absolute Gasteiger partial charge is 0.303 e. The summed E-state index contributed by atoms with van der Waals surface area (Å²) in [5.41, 5.74) is 4.21. The van der Waals surface area contributed by atoms with Gasteiger partial charge in [0.05, 0.1) is 22.2 Å². The molecular formula is C33H28Cl2N4O6S. The first-order chi connectivity index (χ1) is 22.2. The van der Waals surface area contributed by atoms with Gasteiger partial charge in [-0.15, -0.1) is 11.3 Å². The SMILES string of the molecule is Cc1oc(-c2ccc(NC(=O)c3cc(Cl)sc3Cl)cc2)nc1CCOc1ccc(CCC(=O)O)c(CNC(=O)c2ccccn2)c1. The molecule has 3 N–H and O–H groups in total. The van der Waals surface area contributed by atoms with E-state index < -0.39 is 5.97 Å². The molecule has 5 rings (SSSR count). The molecule has 0 radical (unpaired) electrons. The lowest BCUT2D eigenvalue weighted by Gasteiger charge is -2.13. The van der Waals surface area contributed by atoms with Gasteiger partial charge in [-0.25, -0.2) is 4.98 Å². The summed E-state index contributed by atoms with van der Waals surface area (Å²) in [5, 5.41) is 14.8. The van der Waals surface area contributed by atoms with Crippen molar-refractivity contribution < 1.29 is 28.6 Å². The first-order valence-electron chi connectivity index (χ1n) is 14.1. The Hall–Kier alpha value is -4.71. The predicted molar refractivity (Wildman–Crippen MR) is 176 cm³/mol. The summed E-state index contributed by atoms with van der Waals surface area (Å²) in [6, 6.07) is 19.1. The number of carbonyl (C=O) groups is 3. The number of ether oxygens (including phenoxy) is 1. The van der Waals surface area contributed by atoms with Crippen molar-refractivity contribution in [2.24, 2.45) is 0 Å². The number of aliphatic carboxylic acids is 1. The van der Waals surface area contributed by atoms with Crippen molar-refractivity contribution in [1.29, 1.82) is 0 Å². The number of rotatable bonds is 13. The molecule has 0 fully saturated rings. The van der Waals surface area contributed by atoms with Crippen LogP contribution in [0, 0.1) is 6.92 Å². The molecule has 3 aromatic heterocycles. The van der Waals surface area contributed by atoms with Crippen LogP contribution in [0.25, 0.3) is 11.5 Å². The lowest BCUT2D eigenvalue weighted by atomic mass is 10.0. The zero-order valence-electron chi connectivity index (χ0n) is 24.5. The van der Waals surface area contributed by atoms with Crippen LogP contribution < -0.4 is 15.4 Å². The summed E-state index contributed by atoms with van der Waals surface area (Å²) in [7, 11) is 0. The molecule has 3 heterocycles. The topological polar surface area (TPSA) is 144 Å². The number of carboxylic acid groups (broad SMARTS) is 1. The second-order valence-corrected chi connectivity index (χ2v) is 12.4. The minimum atomic E-state index is -0.904. The maximum Gasteiger partial charge on any atom is 0.303 e. The molecule has 13 heteroatoms. The van der Waals surface area contributed by atoms with Gasteiger partial charge in [0.25, 0.3) is 11.8 Å². The van der Waals surface area contributed by atoms with E-state index in [-0.39, 0.29) is 30.5 Å². The number of halogens is 2. The van der Waals surface area contributed by atoms with Gasteiger partial charge < -0.3 is 24.9 Å². The molecule has 0 saturated carbocycles. The third-order valence-corrected chi connectivity index (χ3v) is 8.40. The molecule has 0 unspecified atom stereocenters. The molecule has 2 aromatic carbocycles. The van der Waals surface area contributed by atoms with Crippen molar-refractivity contribution in [3.8, 4) is 17.2 Å². The number of oxazole rings is 1. The van der Waals surface area contributed by atoms with Gasteiger partial charge in [-0.1, -0.05) is 35.3 Å². The highest BCUT2D eigenvalue weighted by molar-refractivity contribution is 7.20. The highest BCUT2D eigenvalue weighted by Gasteiger charge is 2.16. The number of benzene rings is 2. The average molecular weight is 680 g/mol. The predicted octanol–water partition coefficient (Wildman–Crippen LogP) is 7.23. The summed E-state index contributed by atoms with van der Waals surface area (Å²) >= 11 is 13.2. The number of carbonyl (C=O) groups excluding carboxylic acids is 2. The van der Waals surface area contributed by atoms with Crippen LogP contribution >= 0.6 is 34.5 Å². The van der Waals surface area contributed by atoms with E-state index in [1.165, 1.54) is 6.07 Å². The van der Waals surface area contributed by atoms with E-state index in [0.717, 1.165) is 33.7 Å². The number of amides is 2. The van der Waals surface area contributed by atoms with Gasteiger partial charge in [-0.05, 0) is 79.1 Å². The van der Waals surface area contributed by atoms with Crippen LogP contribution in [-0.4, -0.2) is 39.5 Å². The number of pyridine rings is 1. The number of nitrogens with one attached hydrogen (secondary N) is 2. The molecule has 236 valence electrons. The second-order valence-electron chi connectivity index (χ2n) is 10.1. The normalized spacial score (nSPS) is 10.8. The van der Waals surface area contributed by atoms with Crippen LogP contribution in [0.4, 0.5) is 5.69 Å². The first kappa shape index (κ1) is 32.7. The van der Waals surface area contributed by atoms with Crippen LogP contribution in [0.5, 0.6) is 5.75 Å². The highest BCUT2D eigenvalue weighted by atomic mass is 35.5. The number of hydrogen-bond acceptors (Lipinski definition) is 8. The number of aromatic nitrogens is 2. The molecule has 0 atom stereocenters. The first-order valence-corrected chi connectivity index (χ1v) is 15.7. The molecule has 46 heavy (non-hydrogen) atoms. The molecule has 2 amide bonds. The Labute approximate surface area is 278 Å². The molecular weight excluding hydrogens is 651 g/mol. The van der Waals surface area contributed by atoms with E-state index in [2.05, 4.69) is 20.6 Å². The van der Waals surface area contributed by atoms with E-state index in [1.54, 1.807) is 60.8 Å². The Balaban J connectivity index is 1.19. The van der Waals surface area contributed by atoms with E-state index in [0.29, 0.717) is 56.8 Å². The summed E-state index contributed by atoms with van der Waals surface area (Å²) in [4.78, 5) is 44.9. The molecule has 0 aliphatic rings. The van der Waals surface area contributed by atoms with E-state index in [4.69, 9.17) is 37.5 Å². The number of hydrogen-bond donors (Lipinski definition) is 3. The number of carboxylic acids is 1. The average Bonchev–Trinajstić information content (AvgIpc) is 3.59. The van der Waals surface area contributed by atoms with Gasteiger partial charge in [0.15, 0.2) is 0 Å².